The van der Waals surface area contributed by atoms with E-state index in [4.69, 9.17) is 4.74 Å². The minimum absolute atomic E-state index is 0.0320. The van der Waals surface area contributed by atoms with E-state index in [-0.39, 0.29) is 11.8 Å². The third-order valence-electron chi connectivity index (χ3n) is 4.53. The standard InChI is InChI=1S/C20H26N4O3/c1-3-27-17-8-5-4-7-16(17)14-21-18(25)9-6-11-23-19-13-15(2)22-24(19)12-10-20(23)26/h4-5,7-8,13H,3,6,9-12,14H2,1-2H3,(H,21,25). The second-order valence-electron chi connectivity index (χ2n) is 6.58. The lowest BCUT2D eigenvalue weighted by molar-refractivity contribution is -0.122. The van der Waals surface area contributed by atoms with Crippen LogP contribution in [-0.2, 0) is 22.7 Å². The van der Waals surface area contributed by atoms with Crippen LogP contribution in [0.2, 0.25) is 0 Å². The SMILES string of the molecule is CCOc1ccccc1CNC(=O)CCCN1C(=O)CCn2nc(C)cc21. The molecule has 0 spiro atoms. The molecule has 0 bridgehead atoms. The van der Waals surface area contributed by atoms with Gasteiger partial charge in [-0.3, -0.25) is 14.5 Å². The first-order chi connectivity index (χ1) is 13.1. The number of carbonyl (C=O) groups excluding carboxylic acids is 2. The van der Waals surface area contributed by atoms with Gasteiger partial charge in [-0.2, -0.15) is 5.10 Å². The summed E-state index contributed by atoms with van der Waals surface area (Å²) in [6.07, 6.45) is 1.43. The van der Waals surface area contributed by atoms with Crippen molar-refractivity contribution in [2.24, 2.45) is 0 Å². The van der Waals surface area contributed by atoms with Crippen molar-refractivity contribution in [3.8, 4) is 5.75 Å². The van der Waals surface area contributed by atoms with Crippen LogP contribution in [0.25, 0.3) is 0 Å². The molecule has 3 rings (SSSR count). The number of carbonyl (C=O) groups is 2. The summed E-state index contributed by atoms with van der Waals surface area (Å²) < 4.78 is 7.44. The molecule has 2 heterocycles. The number of para-hydroxylation sites is 1. The van der Waals surface area contributed by atoms with Crippen molar-refractivity contribution < 1.29 is 14.3 Å². The van der Waals surface area contributed by atoms with Crippen LogP contribution in [0.3, 0.4) is 0 Å². The van der Waals surface area contributed by atoms with Gasteiger partial charge in [0.15, 0.2) is 0 Å². The van der Waals surface area contributed by atoms with Gasteiger partial charge in [-0.15, -0.1) is 0 Å². The first-order valence-corrected chi connectivity index (χ1v) is 9.40. The van der Waals surface area contributed by atoms with E-state index in [0.29, 0.717) is 45.5 Å². The fourth-order valence-corrected chi connectivity index (χ4v) is 3.24. The monoisotopic (exact) mass is 370 g/mol. The Bertz CT molecular complexity index is 815. The molecule has 1 aromatic carbocycles. The number of anilines is 1. The molecular weight excluding hydrogens is 344 g/mol. The normalized spacial score (nSPS) is 13.4. The molecule has 2 aromatic rings. The number of hydrogen-bond donors (Lipinski definition) is 1. The van der Waals surface area contributed by atoms with E-state index >= 15 is 0 Å². The van der Waals surface area contributed by atoms with Crippen molar-refractivity contribution in [1.82, 2.24) is 15.1 Å². The largest absolute Gasteiger partial charge is 0.494 e. The van der Waals surface area contributed by atoms with Crippen LogP contribution < -0.4 is 15.0 Å². The number of rotatable bonds is 8. The van der Waals surface area contributed by atoms with Crippen LogP contribution in [0.4, 0.5) is 5.82 Å². The van der Waals surface area contributed by atoms with Crippen LogP contribution in [0.1, 0.15) is 37.4 Å². The van der Waals surface area contributed by atoms with E-state index < -0.39 is 0 Å². The van der Waals surface area contributed by atoms with E-state index in [9.17, 15) is 9.59 Å². The van der Waals surface area contributed by atoms with Crippen LogP contribution in [-0.4, -0.2) is 34.7 Å². The molecule has 0 atom stereocenters. The molecule has 0 saturated heterocycles. The zero-order valence-corrected chi connectivity index (χ0v) is 15.9. The van der Waals surface area contributed by atoms with Gasteiger partial charge in [0.2, 0.25) is 11.8 Å². The third kappa shape index (κ3) is 4.67. The Hall–Kier alpha value is -2.83. The van der Waals surface area contributed by atoms with Gasteiger partial charge in [0.25, 0.3) is 0 Å². The number of aryl methyl sites for hydroxylation is 2. The fraction of sp³-hybridized carbons (Fsp3) is 0.450. The summed E-state index contributed by atoms with van der Waals surface area (Å²) in [6, 6.07) is 9.61. The zero-order valence-electron chi connectivity index (χ0n) is 15.9. The molecule has 144 valence electrons. The molecule has 7 nitrogen and oxygen atoms in total. The maximum Gasteiger partial charge on any atom is 0.229 e. The van der Waals surface area contributed by atoms with Crippen molar-refractivity contribution in [3.63, 3.8) is 0 Å². The minimum Gasteiger partial charge on any atom is -0.494 e. The first kappa shape index (κ1) is 18.9. The van der Waals surface area contributed by atoms with Gasteiger partial charge in [-0.25, -0.2) is 4.68 Å². The quantitative estimate of drug-likeness (QED) is 0.774. The molecule has 0 radical (unpaired) electrons. The number of nitrogens with zero attached hydrogens (tertiary/aromatic N) is 3. The first-order valence-electron chi connectivity index (χ1n) is 9.40. The fourth-order valence-electron chi connectivity index (χ4n) is 3.24. The topological polar surface area (TPSA) is 76.5 Å². The molecule has 1 aliphatic heterocycles. The number of nitrogens with one attached hydrogen (secondary N) is 1. The molecule has 0 fully saturated rings. The summed E-state index contributed by atoms with van der Waals surface area (Å²) >= 11 is 0. The lowest BCUT2D eigenvalue weighted by Gasteiger charge is -2.27. The number of fused-ring (bicyclic) bond motifs is 1. The van der Waals surface area contributed by atoms with Crippen molar-refractivity contribution in [2.75, 3.05) is 18.1 Å². The number of amides is 2. The molecular formula is C20H26N4O3. The van der Waals surface area contributed by atoms with E-state index in [1.807, 2.05) is 48.9 Å². The average Bonchev–Trinajstić information content (AvgIpc) is 3.03. The van der Waals surface area contributed by atoms with Crippen LogP contribution in [0.15, 0.2) is 30.3 Å². The predicted molar refractivity (Wildman–Crippen MR) is 103 cm³/mol. The highest BCUT2D eigenvalue weighted by atomic mass is 16.5. The number of aromatic nitrogens is 2. The Kier molecular flexibility index (Phi) is 6.11. The maximum absolute atomic E-state index is 12.2. The molecule has 0 unspecified atom stereocenters. The van der Waals surface area contributed by atoms with Crippen molar-refractivity contribution in [1.29, 1.82) is 0 Å². The predicted octanol–water partition coefficient (Wildman–Crippen LogP) is 2.42. The molecule has 1 aliphatic rings. The molecule has 1 aromatic heterocycles. The van der Waals surface area contributed by atoms with Gasteiger partial charge in [0.1, 0.15) is 11.6 Å². The van der Waals surface area contributed by atoms with Gasteiger partial charge in [-0.05, 0) is 26.3 Å². The highest BCUT2D eigenvalue weighted by Crippen LogP contribution is 2.23. The lowest BCUT2D eigenvalue weighted by atomic mass is 10.2. The van der Waals surface area contributed by atoms with Gasteiger partial charge >= 0.3 is 0 Å². The summed E-state index contributed by atoms with van der Waals surface area (Å²) in [5.74, 6) is 1.68. The molecule has 27 heavy (non-hydrogen) atoms. The maximum atomic E-state index is 12.2. The van der Waals surface area contributed by atoms with Crippen molar-refractivity contribution in [3.05, 3.63) is 41.6 Å². The van der Waals surface area contributed by atoms with Crippen molar-refractivity contribution >= 4 is 17.6 Å². The Morgan fingerprint density at radius 3 is 2.96 bits per heavy atom. The van der Waals surface area contributed by atoms with E-state index in [1.165, 1.54) is 0 Å². The highest BCUT2D eigenvalue weighted by Gasteiger charge is 2.25. The van der Waals surface area contributed by atoms with Crippen molar-refractivity contribution in [2.45, 2.75) is 46.2 Å². The average molecular weight is 370 g/mol. The molecule has 7 heteroatoms. The molecule has 2 amide bonds. The van der Waals surface area contributed by atoms with E-state index in [2.05, 4.69) is 10.4 Å². The molecule has 1 N–H and O–H groups in total. The summed E-state index contributed by atoms with van der Waals surface area (Å²) in [5.41, 5.74) is 1.86. The minimum atomic E-state index is -0.0320. The van der Waals surface area contributed by atoms with Crippen LogP contribution in [0.5, 0.6) is 5.75 Å². The number of hydrogen-bond acceptors (Lipinski definition) is 4. The summed E-state index contributed by atoms with van der Waals surface area (Å²) in [6.45, 7) is 6.02. The summed E-state index contributed by atoms with van der Waals surface area (Å²) in [5, 5.41) is 7.33. The zero-order chi connectivity index (χ0) is 19.2. The van der Waals surface area contributed by atoms with Gasteiger partial charge in [-0.1, -0.05) is 18.2 Å². The molecule has 0 saturated carbocycles. The Morgan fingerprint density at radius 2 is 2.15 bits per heavy atom. The number of ether oxygens (including phenoxy) is 1. The Balaban J connectivity index is 1.48. The van der Waals surface area contributed by atoms with Gasteiger partial charge in [0.05, 0.1) is 18.8 Å². The second kappa shape index (κ2) is 8.70. The van der Waals surface area contributed by atoms with Crippen LogP contribution >= 0.6 is 0 Å². The highest BCUT2D eigenvalue weighted by molar-refractivity contribution is 5.93. The Morgan fingerprint density at radius 1 is 1.33 bits per heavy atom. The van der Waals surface area contributed by atoms with Crippen LogP contribution in [0, 0.1) is 6.92 Å². The summed E-state index contributed by atoms with van der Waals surface area (Å²) in [4.78, 5) is 26.1. The van der Waals surface area contributed by atoms with Gasteiger partial charge < -0.3 is 10.1 Å². The molecule has 0 aliphatic carbocycles. The lowest BCUT2D eigenvalue weighted by Crippen LogP contribution is -2.38. The smallest absolute Gasteiger partial charge is 0.229 e. The van der Waals surface area contributed by atoms with E-state index in [0.717, 1.165) is 22.8 Å². The number of benzene rings is 1. The van der Waals surface area contributed by atoms with Gasteiger partial charge in [0, 0.05) is 37.6 Å². The summed E-state index contributed by atoms with van der Waals surface area (Å²) in [7, 11) is 0. The Labute approximate surface area is 159 Å². The second-order valence-corrected chi connectivity index (χ2v) is 6.58. The third-order valence-corrected chi connectivity index (χ3v) is 4.53. The van der Waals surface area contributed by atoms with E-state index in [1.54, 1.807) is 4.90 Å².